The van der Waals surface area contributed by atoms with Crippen molar-refractivity contribution in [1.82, 2.24) is 9.80 Å². The molecule has 0 aliphatic carbocycles. The number of carbonyl (C=O) groups excluding carboxylic acids is 1. The summed E-state index contributed by atoms with van der Waals surface area (Å²) < 4.78 is 38.2. The number of hydrogen-bond acceptors (Lipinski definition) is 3. The predicted molar refractivity (Wildman–Crippen MR) is 81.8 cm³/mol. The molecule has 2 atom stereocenters. The van der Waals surface area contributed by atoms with Crippen molar-refractivity contribution in [3.8, 4) is 0 Å². The van der Waals surface area contributed by atoms with E-state index in [4.69, 9.17) is 5.73 Å². The van der Waals surface area contributed by atoms with E-state index >= 15 is 0 Å². The number of nitrogens with two attached hydrogens (primary N) is 1. The van der Waals surface area contributed by atoms with Crippen molar-refractivity contribution in [2.45, 2.75) is 32.1 Å². The van der Waals surface area contributed by atoms with Crippen LogP contribution in [0.5, 0.6) is 0 Å². The Hall–Kier alpha value is -1.60. The van der Waals surface area contributed by atoms with Crippen LogP contribution in [0.4, 0.5) is 13.2 Å². The van der Waals surface area contributed by atoms with Crippen LogP contribution in [0, 0.1) is 6.92 Å². The van der Waals surface area contributed by atoms with Crippen LogP contribution >= 0.6 is 0 Å². The number of carbonyl (C=O) groups is 1. The second-order valence-electron chi connectivity index (χ2n) is 5.97. The fourth-order valence-electron chi connectivity index (χ4n) is 2.65. The van der Waals surface area contributed by atoms with Crippen LogP contribution in [0.25, 0.3) is 0 Å². The standard InChI is InChI=1S/C16H22F3N3O/c1-11-3-5-13(6-4-11)14(20)15(23)22-9-7-21(8-10-22)12(2)16(17,18)19/h3-6,12,14H,7-10,20H2,1-2H3. The highest BCUT2D eigenvalue weighted by Gasteiger charge is 2.41. The molecule has 1 aromatic rings. The summed E-state index contributed by atoms with van der Waals surface area (Å²) in [6.07, 6.45) is -4.25. The van der Waals surface area contributed by atoms with Gasteiger partial charge < -0.3 is 10.6 Å². The number of nitrogens with zero attached hydrogens (tertiary/aromatic N) is 2. The fourth-order valence-corrected chi connectivity index (χ4v) is 2.65. The van der Waals surface area contributed by atoms with Gasteiger partial charge in [-0.25, -0.2) is 0 Å². The van der Waals surface area contributed by atoms with Gasteiger partial charge in [-0.3, -0.25) is 9.69 Å². The molecular weight excluding hydrogens is 307 g/mol. The van der Waals surface area contributed by atoms with Gasteiger partial charge in [0.15, 0.2) is 0 Å². The molecule has 0 radical (unpaired) electrons. The molecule has 0 saturated carbocycles. The zero-order valence-electron chi connectivity index (χ0n) is 13.3. The van der Waals surface area contributed by atoms with E-state index in [-0.39, 0.29) is 32.1 Å². The highest BCUT2D eigenvalue weighted by Crippen LogP contribution is 2.25. The second-order valence-corrected chi connectivity index (χ2v) is 5.97. The molecule has 1 aliphatic heterocycles. The third-order valence-corrected chi connectivity index (χ3v) is 4.35. The van der Waals surface area contributed by atoms with Crippen LogP contribution in [0.2, 0.25) is 0 Å². The summed E-state index contributed by atoms with van der Waals surface area (Å²) in [4.78, 5) is 15.3. The average molecular weight is 329 g/mol. The molecule has 128 valence electrons. The van der Waals surface area contributed by atoms with Gasteiger partial charge >= 0.3 is 6.18 Å². The number of halogens is 3. The summed E-state index contributed by atoms with van der Waals surface area (Å²) in [6.45, 7) is 4.02. The maximum absolute atomic E-state index is 12.7. The lowest BCUT2D eigenvalue weighted by atomic mass is 10.0. The third kappa shape index (κ3) is 4.23. The van der Waals surface area contributed by atoms with Gasteiger partial charge in [-0.15, -0.1) is 0 Å². The second kappa shape index (κ2) is 6.88. The summed E-state index contributed by atoms with van der Waals surface area (Å²) in [5.74, 6) is -0.242. The molecule has 23 heavy (non-hydrogen) atoms. The average Bonchev–Trinajstić information content (AvgIpc) is 2.53. The van der Waals surface area contributed by atoms with E-state index in [1.54, 1.807) is 17.0 Å². The molecule has 0 aromatic heterocycles. The SMILES string of the molecule is Cc1ccc(C(N)C(=O)N2CCN(C(C)C(F)(F)F)CC2)cc1. The Bertz CT molecular complexity index is 536. The topological polar surface area (TPSA) is 49.6 Å². The Kier molecular flexibility index (Phi) is 5.31. The predicted octanol–water partition coefficient (Wildman–Crippen LogP) is 2.09. The van der Waals surface area contributed by atoms with Gasteiger partial charge in [0.2, 0.25) is 5.91 Å². The number of benzene rings is 1. The van der Waals surface area contributed by atoms with Gasteiger partial charge in [-0.1, -0.05) is 29.8 Å². The molecule has 2 unspecified atom stereocenters. The minimum absolute atomic E-state index is 0.201. The van der Waals surface area contributed by atoms with Crippen molar-refractivity contribution in [3.05, 3.63) is 35.4 Å². The van der Waals surface area contributed by atoms with Crippen molar-refractivity contribution < 1.29 is 18.0 Å². The Balaban J connectivity index is 1.94. The first-order valence-corrected chi connectivity index (χ1v) is 7.62. The third-order valence-electron chi connectivity index (χ3n) is 4.35. The van der Waals surface area contributed by atoms with Crippen molar-refractivity contribution in [1.29, 1.82) is 0 Å². The Morgan fingerprint density at radius 2 is 1.65 bits per heavy atom. The molecule has 0 bridgehead atoms. The van der Waals surface area contributed by atoms with Crippen LogP contribution < -0.4 is 5.73 Å². The quantitative estimate of drug-likeness (QED) is 0.924. The molecule has 7 heteroatoms. The highest BCUT2D eigenvalue weighted by molar-refractivity contribution is 5.83. The van der Waals surface area contributed by atoms with Gasteiger partial charge in [0.1, 0.15) is 12.1 Å². The first kappa shape index (κ1) is 17.7. The van der Waals surface area contributed by atoms with Crippen LogP contribution in [0.1, 0.15) is 24.1 Å². The fraction of sp³-hybridized carbons (Fsp3) is 0.562. The number of aryl methyl sites for hydroxylation is 1. The number of rotatable bonds is 3. The van der Waals surface area contributed by atoms with E-state index in [0.29, 0.717) is 5.56 Å². The lowest BCUT2D eigenvalue weighted by Gasteiger charge is -2.39. The summed E-state index contributed by atoms with van der Waals surface area (Å²) in [5.41, 5.74) is 7.79. The van der Waals surface area contributed by atoms with Crippen molar-refractivity contribution in [2.24, 2.45) is 5.73 Å². The molecule has 1 saturated heterocycles. The highest BCUT2D eigenvalue weighted by atomic mass is 19.4. The summed E-state index contributed by atoms with van der Waals surface area (Å²) in [5, 5.41) is 0. The van der Waals surface area contributed by atoms with Gasteiger partial charge in [0.05, 0.1) is 0 Å². The van der Waals surface area contributed by atoms with E-state index in [9.17, 15) is 18.0 Å². The van der Waals surface area contributed by atoms with E-state index in [2.05, 4.69) is 0 Å². The number of alkyl halides is 3. The lowest BCUT2D eigenvalue weighted by molar-refractivity contribution is -0.183. The largest absolute Gasteiger partial charge is 0.403 e. The van der Waals surface area contributed by atoms with E-state index < -0.39 is 18.3 Å². The summed E-state index contributed by atoms with van der Waals surface area (Å²) in [7, 11) is 0. The molecular formula is C16H22F3N3O. The number of amides is 1. The first-order valence-electron chi connectivity index (χ1n) is 7.62. The molecule has 1 heterocycles. The maximum atomic E-state index is 12.7. The minimum atomic E-state index is -4.25. The maximum Gasteiger partial charge on any atom is 0.403 e. The zero-order chi connectivity index (χ0) is 17.2. The number of hydrogen-bond donors (Lipinski definition) is 1. The Morgan fingerprint density at radius 3 is 2.13 bits per heavy atom. The molecule has 1 aliphatic rings. The molecule has 4 nitrogen and oxygen atoms in total. The monoisotopic (exact) mass is 329 g/mol. The normalized spacial score (nSPS) is 19.5. The minimum Gasteiger partial charge on any atom is -0.338 e. The van der Waals surface area contributed by atoms with Crippen LogP contribution in [-0.4, -0.2) is 54.1 Å². The van der Waals surface area contributed by atoms with Crippen LogP contribution in [0.3, 0.4) is 0 Å². The Morgan fingerprint density at radius 1 is 1.13 bits per heavy atom. The number of piperazine rings is 1. The van der Waals surface area contributed by atoms with Gasteiger partial charge in [0.25, 0.3) is 0 Å². The summed E-state index contributed by atoms with van der Waals surface area (Å²) in [6, 6.07) is 5.10. The van der Waals surface area contributed by atoms with Crippen molar-refractivity contribution in [2.75, 3.05) is 26.2 Å². The Labute approximate surface area is 134 Å². The zero-order valence-corrected chi connectivity index (χ0v) is 13.3. The van der Waals surface area contributed by atoms with E-state index in [0.717, 1.165) is 12.5 Å². The van der Waals surface area contributed by atoms with Gasteiger partial charge in [0, 0.05) is 26.2 Å². The molecule has 1 amide bonds. The van der Waals surface area contributed by atoms with Gasteiger partial charge in [-0.05, 0) is 19.4 Å². The molecule has 1 aromatic carbocycles. The smallest absolute Gasteiger partial charge is 0.338 e. The van der Waals surface area contributed by atoms with Crippen LogP contribution in [-0.2, 0) is 4.79 Å². The van der Waals surface area contributed by atoms with E-state index in [1.165, 1.54) is 4.90 Å². The molecule has 1 fully saturated rings. The summed E-state index contributed by atoms with van der Waals surface area (Å²) >= 11 is 0. The molecule has 0 spiro atoms. The van der Waals surface area contributed by atoms with Crippen molar-refractivity contribution >= 4 is 5.91 Å². The van der Waals surface area contributed by atoms with Crippen molar-refractivity contribution in [3.63, 3.8) is 0 Å². The first-order chi connectivity index (χ1) is 10.7. The molecule has 2 N–H and O–H groups in total. The lowest BCUT2D eigenvalue weighted by Crippen LogP contribution is -2.55. The van der Waals surface area contributed by atoms with Crippen LogP contribution in [0.15, 0.2) is 24.3 Å². The van der Waals surface area contributed by atoms with Gasteiger partial charge in [-0.2, -0.15) is 13.2 Å². The van der Waals surface area contributed by atoms with E-state index in [1.807, 2.05) is 19.1 Å². The molecule has 2 rings (SSSR count).